The zero-order valence-electron chi connectivity index (χ0n) is 8.46. The van der Waals surface area contributed by atoms with Crippen LogP contribution >= 0.6 is 0 Å². The Morgan fingerprint density at radius 1 is 1.58 bits per heavy atom. The van der Waals surface area contributed by atoms with Crippen molar-refractivity contribution in [3.8, 4) is 0 Å². The number of nitrogens with zero attached hydrogens (tertiary/aromatic N) is 1. The van der Waals surface area contributed by atoms with E-state index in [4.69, 9.17) is 0 Å². The van der Waals surface area contributed by atoms with Gasteiger partial charge in [-0.15, -0.1) is 0 Å². The predicted molar refractivity (Wildman–Crippen MR) is 49.1 cm³/mol. The van der Waals surface area contributed by atoms with Crippen molar-refractivity contribution in [1.82, 2.24) is 4.90 Å². The third-order valence-electron chi connectivity index (χ3n) is 2.14. The Kier molecular flexibility index (Phi) is 5.51. The van der Waals surface area contributed by atoms with Crippen molar-refractivity contribution in [1.29, 1.82) is 0 Å². The number of methoxy groups -OCH3 is 1. The summed E-state index contributed by atoms with van der Waals surface area (Å²) in [5, 5.41) is 0. The average Bonchev–Trinajstić information content (AvgIpc) is 2.11. The van der Waals surface area contributed by atoms with Gasteiger partial charge in [0.15, 0.2) is 0 Å². The summed E-state index contributed by atoms with van der Waals surface area (Å²) in [5.74, 6) is 0.678. The highest BCUT2D eigenvalue weighted by molar-refractivity contribution is 5.66. The molecule has 72 valence electrons. The van der Waals surface area contributed by atoms with Crippen LogP contribution in [0.5, 0.6) is 0 Å². The van der Waals surface area contributed by atoms with E-state index in [-0.39, 0.29) is 6.09 Å². The van der Waals surface area contributed by atoms with E-state index in [0.29, 0.717) is 5.92 Å². The highest BCUT2D eigenvalue weighted by atomic mass is 16.5. The fourth-order valence-corrected chi connectivity index (χ4v) is 0.865. The summed E-state index contributed by atoms with van der Waals surface area (Å²) in [4.78, 5) is 12.5. The van der Waals surface area contributed by atoms with Crippen LogP contribution in [0, 0.1) is 5.92 Å². The summed E-state index contributed by atoms with van der Waals surface area (Å²) in [6.45, 7) is 5.12. The van der Waals surface area contributed by atoms with Crippen molar-refractivity contribution in [2.24, 2.45) is 5.92 Å². The quantitative estimate of drug-likeness (QED) is 0.651. The Morgan fingerprint density at radius 3 is 2.58 bits per heavy atom. The maximum Gasteiger partial charge on any atom is 0.409 e. The van der Waals surface area contributed by atoms with Crippen molar-refractivity contribution < 1.29 is 9.53 Å². The molecular weight excluding hydrogens is 154 g/mol. The third kappa shape index (κ3) is 4.21. The van der Waals surface area contributed by atoms with Crippen molar-refractivity contribution in [3.63, 3.8) is 0 Å². The van der Waals surface area contributed by atoms with Crippen LogP contribution in [-0.2, 0) is 4.74 Å². The summed E-state index contributed by atoms with van der Waals surface area (Å²) in [7, 11) is 3.16. The molecule has 0 aliphatic rings. The molecule has 0 heterocycles. The SMILES string of the molecule is CCC(C)CCN(C)C(=O)OC. The van der Waals surface area contributed by atoms with Gasteiger partial charge in [-0.05, 0) is 12.3 Å². The van der Waals surface area contributed by atoms with Gasteiger partial charge < -0.3 is 9.64 Å². The lowest BCUT2D eigenvalue weighted by Gasteiger charge is -2.17. The fourth-order valence-electron chi connectivity index (χ4n) is 0.865. The lowest BCUT2D eigenvalue weighted by Crippen LogP contribution is -2.28. The van der Waals surface area contributed by atoms with Crippen LogP contribution in [0.25, 0.3) is 0 Å². The van der Waals surface area contributed by atoms with Crippen molar-refractivity contribution in [2.75, 3.05) is 20.7 Å². The Labute approximate surface area is 74.7 Å². The van der Waals surface area contributed by atoms with Gasteiger partial charge in [-0.3, -0.25) is 0 Å². The second-order valence-electron chi connectivity index (χ2n) is 3.19. The molecule has 0 saturated heterocycles. The van der Waals surface area contributed by atoms with Gasteiger partial charge in [0.05, 0.1) is 7.11 Å². The van der Waals surface area contributed by atoms with Gasteiger partial charge in [0.25, 0.3) is 0 Å². The molecule has 0 aromatic heterocycles. The van der Waals surface area contributed by atoms with Gasteiger partial charge in [0.2, 0.25) is 0 Å². The number of carbonyl (C=O) groups excluding carboxylic acids is 1. The van der Waals surface area contributed by atoms with Gasteiger partial charge >= 0.3 is 6.09 Å². The lowest BCUT2D eigenvalue weighted by molar-refractivity contribution is 0.131. The van der Waals surface area contributed by atoms with Crippen molar-refractivity contribution in [3.05, 3.63) is 0 Å². The number of rotatable bonds is 4. The number of amides is 1. The van der Waals surface area contributed by atoms with Gasteiger partial charge in [-0.25, -0.2) is 4.79 Å². The number of hydrogen-bond donors (Lipinski definition) is 0. The molecule has 0 aromatic carbocycles. The summed E-state index contributed by atoms with van der Waals surface area (Å²) >= 11 is 0. The van der Waals surface area contributed by atoms with Crippen LogP contribution in [0.15, 0.2) is 0 Å². The molecular formula is C9H19NO2. The highest BCUT2D eigenvalue weighted by Crippen LogP contribution is 2.06. The summed E-state index contributed by atoms with van der Waals surface area (Å²) in [6.07, 6.45) is 1.95. The van der Waals surface area contributed by atoms with E-state index in [2.05, 4.69) is 18.6 Å². The summed E-state index contributed by atoms with van der Waals surface area (Å²) in [5.41, 5.74) is 0. The van der Waals surface area contributed by atoms with Crippen LogP contribution in [0.2, 0.25) is 0 Å². The van der Waals surface area contributed by atoms with Crippen molar-refractivity contribution in [2.45, 2.75) is 26.7 Å². The molecule has 0 spiro atoms. The zero-order chi connectivity index (χ0) is 9.56. The number of hydrogen-bond acceptors (Lipinski definition) is 2. The molecule has 0 N–H and O–H groups in total. The summed E-state index contributed by atoms with van der Waals surface area (Å²) in [6, 6.07) is 0. The van der Waals surface area contributed by atoms with Crippen molar-refractivity contribution >= 4 is 6.09 Å². The van der Waals surface area contributed by atoms with E-state index < -0.39 is 0 Å². The van der Waals surface area contributed by atoms with E-state index in [1.807, 2.05) is 0 Å². The molecule has 0 rings (SSSR count). The van der Waals surface area contributed by atoms with Crippen LogP contribution in [0.4, 0.5) is 4.79 Å². The standard InChI is InChI=1S/C9H19NO2/c1-5-8(2)6-7-10(3)9(11)12-4/h8H,5-7H2,1-4H3. The normalized spacial score (nSPS) is 12.3. The minimum atomic E-state index is -0.252. The molecule has 0 aliphatic heterocycles. The van der Waals surface area contributed by atoms with Crippen LogP contribution in [-0.4, -0.2) is 31.7 Å². The number of ether oxygens (including phenoxy) is 1. The van der Waals surface area contributed by atoms with Gasteiger partial charge in [0, 0.05) is 13.6 Å². The first-order valence-electron chi connectivity index (χ1n) is 4.40. The van der Waals surface area contributed by atoms with Gasteiger partial charge in [-0.2, -0.15) is 0 Å². The number of carbonyl (C=O) groups is 1. The second kappa shape index (κ2) is 5.86. The molecule has 0 aliphatic carbocycles. The Balaban J connectivity index is 3.56. The fraction of sp³-hybridized carbons (Fsp3) is 0.889. The molecule has 0 radical (unpaired) electrons. The molecule has 0 aromatic rings. The first-order chi connectivity index (χ1) is 5.61. The molecule has 3 heteroatoms. The molecule has 3 nitrogen and oxygen atoms in total. The van der Waals surface area contributed by atoms with E-state index >= 15 is 0 Å². The Hall–Kier alpha value is -0.730. The first-order valence-corrected chi connectivity index (χ1v) is 4.40. The highest BCUT2D eigenvalue weighted by Gasteiger charge is 2.08. The molecule has 1 amide bonds. The van der Waals surface area contributed by atoms with Gasteiger partial charge in [0.1, 0.15) is 0 Å². The average molecular weight is 173 g/mol. The Bertz CT molecular complexity index is 136. The smallest absolute Gasteiger partial charge is 0.409 e. The van der Waals surface area contributed by atoms with Crippen LogP contribution in [0.3, 0.4) is 0 Å². The molecule has 1 atom stereocenters. The van der Waals surface area contributed by atoms with Crippen LogP contribution < -0.4 is 0 Å². The van der Waals surface area contributed by atoms with E-state index in [1.165, 1.54) is 7.11 Å². The van der Waals surface area contributed by atoms with Gasteiger partial charge in [-0.1, -0.05) is 20.3 Å². The molecule has 1 unspecified atom stereocenters. The zero-order valence-corrected chi connectivity index (χ0v) is 8.46. The first kappa shape index (κ1) is 11.3. The molecule has 0 saturated carbocycles. The largest absolute Gasteiger partial charge is 0.453 e. The molecule has 12 heavy (non-hydrogen) atoms. The van der Waals surface area contributed by atoms with E-state index in [0.717, 1.165) is 19.4 Å². The third-order valence-corrected chi connectivity index (χ3v) is 2.14. The molecule has 0 bridgehead atoms. The maximum absolute atomic E-state index is 10.9. The van der Waals surface area contributed by atoms with Crippen LogP contribution in [0.1, 0.15) is 26.7 Å². The lowest BCUT2D eigenvalue weighted by atomic mass is 10.1. The second-order valence-corrected chi connectivity index (χ2v) is 3.19. The maximum atomic E-state index is 10.9. The minimum Gasteiger partial charge on any atom is -0.453 e. The predicted octanol–water partition coefficient (Wildman–Crippen LogP) is 2.12. The monoisotopic (exact) mass is 173 g/mol. The topological polar surface area (TPSA) is 29.5 Å². The molecule has 0 fully saturated rings. The minimum absolute atomic E-state index is 0.252. The van der Waals surface area contributed by atoms with E-state index in [9.17, 15) is 4.79 Å². The van der Waals surface area contributed by atoms with E-state index in [1.54, 1.807) is 11.9 Å². The summed E-state index contributed by atoms with van der Waals surface area (Å²) < 4.78 is 4.56. The Morgan fingerprint density at radius 2 is 2.17 bits per heavy atom.